The maximum absolute atomic E-state index is 12.3. The van der Waals surface area contributed by atoms with Crippen LogP contribution in [0, 0.1) is 0 Å². The molecular formula is C28H32N2O2. The molecule has 0 aromatic heterocycles. The van der Waals surface area contributed by atoms with Crippen molar-refractivity contribution in [1.29, 1.82) is 0 Å². The van der Waals surface area contributed by atoms with Gasteiger partial charge in [-0.2, -0.15) is 0 Å². The van der Waals surface area contributed by atoms with Crippen LogP contribution in [-0.4, -0.2) is 23.4 Å². The van der Waals surface area contributed by atoms with Crippen LogP contribution < -0.4 is 5.32 Å². The van der Waals surface area contributed by atoms with E-state index in [4.69, 9.17) is 0 Å². The number of benzene rings is 3. The zero-order valence-electron chi connectivity index (χ0n) is 18.7. The first kappa shape index (κ1) is 23.3. The average Bonchev–Trinajstić information content (AvgIpc) is 3.14. The molecule has 1 saturated heterocycles. The van der Waals surface area contributed by atoms with Crippen molar-refractivity contribution >= 4 is 11.9 Å². The number of carbonyl (C=O) groups is 2. The second-order valence-corrected chi connectivity index (χ2v) is 7.93. The van der Waals surface area contributed by atoms with Crippen molar-refractivity contribution in [2.45, 2.75) is 45.1 Å². The largest absolute Gasteiger partial charge is 0.325 e. The number of carbonyl (C=O) groups excluding carboxylic acids is 2. The summed E-state index contributed by atoms with van der Waals surface area (Å²) >= 11 is 0. The van der Waals surface area contributed by atoms with Crippen molar-refractivity contribution in [3.63, 3.8) is 0 Å². The molecule has 4 heteroatoms. The minimum Gasteiger partial charge on any atom is -0.322 e. The summed E-state index contributed by atoms with van der Waals surface area (Å²) in [5, 5.41) is 2.76. The van der Waals surface area contributed by atoms with Crippen molar-refractivity contribution in [3.05, 3.63) is 96.6 Å². The smallest absolute Gasteiger partial charge is 0.322 e. The number of hydrogen-bond acceptors (Lipinski definition) is 2. The van der Waals surface area contributed by atoms with Crippen molar-refractivity contribution in [1.82, 2.24) is 10.2 Å². The van der Waals surface area contributed by atoms with E-state index >= 15 is 0 Å². The fraction of sp³-hybridized carbons (Fsp3) is 0.286. The summed E-state index contributed by atoms with van der Waals surface area (Å²) in [5.74, 6) is -0.128. The van der Waals surface area contributed by atoms with Crippen LogP contribution in [0.2, 0.25) is 0 Å². The van der Waals surface area contributed by atoms with Gasteiger partial charge in [-0.1, -0.05) is 124 Å². The number of nitrogens with zero attached hydrogens (tertiary/aromatic N) is 1. The van der Waals surface area contributed by atoms with Crippen LogP contribution in [0.25, 0.3) is 11.1 Å². The van der Waals surface area contributed by atoms with Gasteiger partial charge >= 0.3 is 6.03 Å². The van der Waals surface area contributed by atoms with Crippen molar-refractivity contribution < 1.29 is 9.59 Å². The lowest BCUT2D eigenvalue weighted by molar-refractivity contribution is -0.127. The maximum Gasteiger partial charge on any atom is 0.325 e. The lowest BCUT2D eigenvalue weighted by Gasteiger charge is -2.12. The van der Waals surface area contributed by atoms with E-state index in [1.165, 1.54) is 35.3 Å². The summed E-state index contributed by atoms with van der Waals surface area (Å²) in [7, 11) is 0. The van der Waals surface area contributed by atoms with E-state index in [0.29, 0.717) is 6.54 Å². The number of imide groups is 1. The van der Waals surface area contributed by atoms with Crippen LogP contribution >= 0.6 is 0 Å². The molecule has 0 aliphatic carbocycles. The van der Waals surface area contributed by atoms with Gasteiger partial charge in [0.1, 0.15) is 6.04 Å². The van der Waals surface area contributed by atoms with Crippen LogP contribution in [0.3, 0.4) is 0 Å². The highest BCUT2D eigenvalue weighted by atomic mass is 16.2. The summed E-state index contributed by atoms with van der Waals surface area (Å²) in [5.41, 5.74) is 3.40. The molecule has 1 fully saturated rings. The number of nitrogens with one attached hydrogen (secondary N) is 1. The lowest BCUT2D eigenvalue weighted by Crippen LogP contribution is -2.31. The molecule has 4 rings (SSSR count). The molecule has 32 heavy (non-hydrogen) atoms. The van der Waals surface area contributed by atoms with Crippen molar-refractivity contribution in [2.75, 3.05) is 6.54 Å². The van der Waals surface area contributed by atoms with Crippen LogP contribution in [-0.2, 0) is 4.79 Å². The topological polar surface area (TPSA) is 49.4 Å². The molecule has 0 saturated carbocycles. The van der Waals surface area contributed by atoms with Gasteiger partial charge in [0.05, 0.1) is 0 Å². The maximum atomic E-state index is 12.3. The van der Waals surface area contributed by atoms with Gasteiger partial charge in [-0.05, 0) is 23.1 Å². The van der Waals surface area contributed by atoms with E-state index in [2.05, 4.69) is 60.8 Å². The summed E-state index contributed by atoms with van der Waals surface area (Å²) in [6.07, 6.45) is 5.54. The average molecular weight is 429 g/mol. The van der Waals surface area contributed by atoms with E-state index in [1.807, 2.05) is 42.5 Å². The van der Waals surface area contributed by atoms with Crippen molar-refractivity contribution in [2.24, 2.45) is 0 Å². The summed E-state index contributed by atoms with van der Waals surface area (Å²) in [6.45, 7) is 2.69. The molecule has 3 aromatic rings. The molecule has 1 aliphatic rings. The Bertz CT molecular complexity index is 921. The molecule has 1 N–H and O–H groups in total. The Morgan fingerprint density at radius 2 is 1.19 bits per heavy atom. The molecule has 1 unspecified atom stereocenters. The standard InChI is InChI=1S/C16H22N2O2.C12H10/c1-2-3-4-5-9-12-18-15(19)14(17-16(18)20)13-10-7-6-8-11-13;1-3-7-11(8-4-1)12-9-5-2-6-10-12/h6-8,10-11,14H,2-5,9,12H2,1H3,(H,17,20);1-10H. The zero-order chi connectivity index (χ0) is 22.6. The lowest BCUT2D eigenvalue weighted by atomic mass is 10.1. The Morgan fingerprint density at radius 3 is 1.72 bits per heavy atom. The Morgan fingerprint density at radius 1 is 0.688 bits per heavy atom. The predicted octanol–water partition coefficient (Wildman–Crippen LogP) is 6.60. The Balaban J connectivity index is 0.000000204. The first-order valence-electron chi connectivity index (χ1n) is 11.5. The summed E-state index contributed by atoms with van der Waals surface area (Å²) in [6, 6.07) is 29.4. The van der Waals surface area contributed by atoms with Gasteiger partial charge in [-0.15, -0.1) is 0 Å². The van der Waals surface area contributed by atoms with Gasteiger partial charge in [-0.3, -0.25) is 9.69 Å². The van der Waals surface area contributed by atoms with Crippen LogP contribution in [0.4, 0.5) is 4.79 Å². The monoisotopic (exact) mass is 428 g/mol. The molecule has 0 spiro atoms. The van der Waals surface area contributed by atoms with Gasteiger partial charge in [0.2, 0.25) is 0 Å². The first-order valence-corrected chi connectivity index (χ1v) is 11.5. The van der Waals surface area contributed by atoms with Crippen LogP contribution in [0.15, 0.2) is 91.0 Å². The minimum absolute atomic E-state index is 0.128. The number of amides is 3. The highest BCUT2D eigenvalue weighted by molar-refractivity contribution is 6.04. The quantitative estimate of drug-likeness (QED) is 0.324. The number of rotatable bonds is 8. The Labute approximate surface area is 191 Å². The van der Waals surface area contributed by atoms with Gasteiger partial charge in [-0.25, -0.2) is 4.79 Å². The molecule has 0 bridgehead atoms. The highest BCUT2D eigenvalue weighted by Crippen LogP contribution is 2.22. The third-order valence-electron chi connectivity index (χ3n) is 5.53. The number of urea groups is 1. The second-order valence-electron chi connectivity index (χ2n) is 7.93. The third-order valence-corrected chi connectivity index (χ3v) is 5.53. The van der Waals surface area contributed by atoms with Gasteiger partial charge < -0.3 is 5.32 Å². The molecule has 166 valence electrons. The van der Waals surface area contributed by atoms with Crippen LogP contribution in [0.5, 0.6) is 0 Å². The second kappa shape index (κ2) is 12.5. The predicted molar refractivity (Wildman–Crippen MR) is 130 cm³/mol. The van der Waals surface area contributed by atoms with Gasteiger partial charge in [0, 0.05) is 6.54 Å². The number of unbranched alkanes of at least 4 members (excludes halogenated alkanes) is 4. The molecule has 3 aromatic carbocycles. The highest BCUT2D eigenvalue weighted by Gasteiger charge is 2.38. The molecular weight excluding hydrogens is 396 g/mol. The molecule has 0 radical (unpaired) electrons. The third kappa shape index (κ3) is 6.55. The Kier molecular flexibility index (Phi) is 9.05. The minimum atomic E-state index is -0.514. The molecule has 3 amide bonds. The number of hydrogen-bond donors (Lipinski definition) is 1. The first-order chi connectivity index (χ1) is 15.7. The van der Waals surface area contributed by atoms with E-state index < -0.39 is 6.04 Å². The summed E-state index contributed by atoms with van der Waals surface area (Å²) in [4.78, 5) is 25.5. The van der Waals surface area contributed by atoms with E-state index in [9.17, 15) is 9.59 Å². The SMILES string of the molecule is CCCCCCCN1C(=O)NC(c2ccccc2)C1=O.c1ccc(-c2ccccc2)cc1. The van der Waals surface area contributed by atoms with Gasteiger partial charge in [0.25, 0.3) is 5.91 Å². The Hall–Kier alpha value is -3.40. The van der Waals surface area contributed by atoms with Crippen molar-refractivity contribution in [3.8, 4) is 11.1 Å². The van der Waals surface area contributed by atoms with Crippen LogP contribution in [0.1, 0.15) is 50.6 Å². The summed E-state index contributed by atoms with van der Waals surface area (Å²) < 4.78 is 0. The fourth-order valence-electron chi connectivity index (χ4n) is 3.74. The molecule has 1 atom stereocenters. The normalized spacial score (nSPS) is 15.2. The van der Waals surface area contributed by atoms with E-state index in [0.717, 1.165) is 18.4 Å². The zero-order valence-corrected chi connectivity index (χ0v) is 18.7. The molecule has 4 nitrogen and oxygen atoms in total. The van der Waals surface area contributed by atoms with Gasteiger partial charge in [0.15, 0.2) is 0 Å². The fourth-order valence-corrected chi connectivity index (χ4v) is 3.74. The molecule has 1 heterocycles. The van der Waals surface area contributed by atoms with E-state index in [-0.39, 0.29) is 11.9 Å². The molecule has 1 aliphatic heterocycles. The van der Waals surface area contributed by atoms with E-state index in [1.54, 1.807) is 0 Å².